The molecule has 0 aliphatic heterocycles. The van der Waals surface area contributed by atoms with E-state index in [-0.39, 0.29) is 5.56 Å². The van der Waals surface area contributed by atoms with Gasteiger partial charge in [-0.3, -0.25) is 4.79 Å². The highest BCUT2D eigenvalue weighted by molar-refractivity contribution is 7.22. The summed E-state index contributed by atoms with van der Waals surface area (Å²) in [5.74, 6) is 0.767. The quantitative estimate of drug-likeness (QED) is 0.731. The van der Waals surface area contributed by atoms with Gasteiger partial charge in [0.25, 0.3) is 5.56 Å². The molecule has 1 fully saturated rings. The molecule has 0 radical (unpaired) electrons. The van der Waals surface area contributed by atoms with Gasteiger partial charge in [-0.25, -0.2) is 4.98 Å². The van der Waals surface area contributed by atoms with Gasteiger partial charge >= 0.3 is 0 Å². The maximum absolute atomic E-state index is 12.4. The van der Waals surface area contributed by atoms with Crippen LogP contribution >= 0.6 is 22.9 Å². The maximum atomic E-state index is 12.4. The molecular formula is C19H21ClN3OS+. The topological polar surface area (TPSA) is 62.4 Å². The minimum Gasteiger partial charge on any atom is -0.338 e. The number of hydrogen-bond acceptors (Lipinski definition) is 3. The normalized spacial score (nSPS) is 15.7. The largest absolute Gasteiger partial charge is 0.338 e. The number of thiophene rings is 1. The van der Waals surface area contributed by atoms with Gasteiger partial charge in [0.15, 0.2) is 5.82 Å². The fraction of sp³-hybridized carbons (Fsp3) is 0.368. The molecule has 0 spiro atoms. The molecular weight excluding hydrogens is 354 g/mol. The molecule has 2 aromatic heterocycles. The molecule has 2 heterocycles. The van der Waals surface area contributed by atoms with Gasteiger partial charge in [-0.05, 0) is 49.4 Å². The van der Waals surface area contributed by atoms with Crippen molar-refractivity contribution in [3.05, 3.63) is 51.5 Å². The Labute approximate surface area is 155 Å². The van der Waals surface area contributed by atoms with E-state index in [9.17, 15) is 4.79 Å². The van der Waals surface area contributed by atoms with Gasteiger partial charge in [-0.15, -0.1) is 11.3 Å². The standard InChI is InChI=1S/C19H20ClN3OS/c20-13-8-6-12(7-9-13)16-10-15-18(25-16)19(24)23-17(22-15)11-21-14-4-2-1-3-5-14/h6-10,14,21H,1-5,11H2,(H,22,23,24)/p+1. The lowest BCUT2D eigenvalue weighted by Crippen LogP contribution is -2.88. The van der Waals surface area contributed by atoms with Crippen molar-refractivity contribution in [1.29, 1.82) is 0 Å². The van der Waals surface area contributed by atoms with Gasteiger partial charge in [0.05, 0.1) is 11.6 Å². The molecule has 1 aliphatic rings. The molecule has 1 aromatic carbocycles. The molecule has 130 valence electrons. The molecule has 0 bridgehead atoms. The second-order valence-electron chi connectivity index (χ2n) is 6.68. The van der Waals surface area contributed by atoms with Crippen LogP contribution in [-0.4, -0.2) is 16.0 Å². The highest BCUT2D eigenvalue weighted by atomic mass is 35.5. The van der Waals surface area contributed by atoms with E-state index >= 15 is 0 Å². The predicted molar refractivity (Wildman–Crippen MR) is 103 cm³/mol. The second-order valence-corrected chi connectivity index (χ2v) is 8.17. The highest BCUT2D eigenvalue weighted by Gasteiger charge is 2.17. The number of hydrogen-bond donors (Lipinski definition) is 2. The monoisotopic (exact) mass is 374 g/mol. The average molecular weight is 375 g/mol. The van der Waals surface area contributed by atoms with Crippen LogP contribution in [0, 0.1) is 0 Å². The van der Waals surface area contributed by atoms with Crippen molar-refractivity contribution in [3.8, 4) is 10.4 Å². The molecule has 1 saturated carbocycles. The Kier molecular flexibility index (Phi) is 4.88. The SMILES string of the molecule is O=c1[nH]c(C[NH2+]C2CCCCC2)nc2cc(-c3ccc(Cl)cc3)sc12. The van der Waals surface area contributed by atoms with Gasteiger partial charge in [0, 0.05) is 9.90 Å². The minimum atomic E-state index is -0.0396. The Bertz CT molecular complexity index is 926. The predicted octanol–water partition coefficient (Wildman–Crippen LogP) is 3.70. The third-order valence-electron chi connectivity index (χ3n) is 4.86. The lowest BCUT2D eigenvalue weighted by Gasteiger charge is -2.19. The summed E-state index contributed by atoms with van der Waals surface area (Å²) in [7, 11) is 0. The van der Waals surface area contributed by atoms with E-state index in [0.29, 0.717) is 15.8 Å². The molecule has 0 amide bonds. The first-order valence-electron chi connectivity index (χ1n) is 8.81. The molecule has 3 N–H and O–H groups in total. The summed E-state index contributed by atoms with van der Waals surface area (Å²) in [5.41, 5.74) is 1.80. The van der Waals surface area contributed by atoms with E-state index in [1.807, 2.05) is 30.3 Å². The number of fused-ring (bicyclic) bond motifs is 1. The van der Waals surface area contributed by atoms with Gasteiger partial charge in [0.2, 0.25) is 0 Å². The first kappa shape index (κ1) is 16.8. The number of nitrogens with one attached hydrogen (secondary N) is 1. The fourth-order valence-electron chi connectivity index (χ4n) is 3.49. The van der Waals surface area contributed by atoms with Crippen molar-refractivity contribution in [2.24, 2.45) is 0 Å². The van der Waals surface area contributed by atoms with Crippen LogP contribution in [0.1, 0.15) is 37.9 Å². The first-order chi connectivity index (χ1) is 12.2. The number of H-pyrrole nitrogens is 1. The van der Waals surface area contributed by atoms with Crippen molar-refractivity contribution in [3.63, 3.8) is 0 Å². The fourth-order valence-corrected chi connectivity index (χ4v) is 4.61. The van der Waals surface area contributed by atoms with E-state index < -0.39 is 0 Å². The Morgan fingerprint density at radius 1 is 1.20 bits per heavy atom. The molecule has 4 nitrogen and oxygen atoms in total. The van der Waals surface area contributed by atoms with Crippen LogP contribution < -0.4 is 10.9 Å². The summed E-state index contributed by atoms with van der Waals surface area (Å²) in [5, 5.41) is 3.04. The maximum Gasteiger partial charge on any atom is 0.269 e. The number of aromatic amines is 1. The number of halogens is 1. The van der Waals surface area contributed by atoms with Crippen molar-refractivity contribution >= 4 is 33.2 Å². The minimum absolute atomic E-state index is 0.0396. The van der Waals surface area contributed by atoms with Crippen LogP contribution in [0.25, 0.3) is 20.7 Å². The van der Waals surface area contributed by atoms with Crippen molar-refractivity contribution in [2.45, 2.75) is 44.7 Å². The molecule has 4 rings (SSSR count). The number of nitrogens with zero attached hydrogens (tertiary/aromatic N) is 1. The summed E-state index contributed by atoms with van der Waals surface area (Å²) in [6.45, 7) is 0.738. The van der Waals surface area contributed by atoms with Crippen LogP contribution in [-0.2, 0) is 6.54 Å². The summed E-state index contributed by atoms with van der Waals surface area (Å²) < 4.78 is 0.686. The molecule has 6 heteroatoms. The number of quaternary nitrogens is 1. The summed E-state index contributed by atoms with van der Waals surface area (Å²) in [4.78, 5) is 21.1. The van der Waals surface area contributed by atoms with Gasteiger partial charge in [-0.1, -0.05) is 30.2 Å². The van der Waals surface area contributed by atoms with Crippen molar-refractivity contribution in [2.75, 3.05) is 0 Å². The Balaban J connectivity index is 1.58. The molecule has 25 heavy (non-hydrogen) atoms. The number of rotatable bonds is 4. The van der Waals surface area contributed by atoms with Crippen molar-refractivity contribution < 1.29 is 5.32 Å². The zero-order valence-corrected chi connectivity index (χ0v) is 15.5. The molecule has 1 aliphatic carbocycles. The van der Waals surface area contributed by atoms with Crippen LogP contribution in [0.15, 0.2) is 35.1 Å². The first-order valence-corrected chi connectivity index (χ1v) is 10.0. The summed E-state index contributed by atoms with van der Waals surface area (Å²) in [6, 6.07) is 10.3. The van der Waals surface area contributed by atoms with E-state index in [2.05, 4.69) is 15.3 Å². The van der Waals surface area contributed by atoms with Gasteiger partial charge < -0.3 is 10.3 Å². The van der Waals surface area contributed by atoms with Crippen LogP contribution in [0.2, 0.25) is 5.02 Å². The van der Waals surface area contributed by atoms with Crippen LogP contribution in [0.5, 0.6) is 0 Å². The van der Waals surface area contributed by atoms with Crippen LogP contribution in [0.3, 0.4) is 0 Å². The summed E-state index contributed by atoms with van der Waals surface area (Å²) in [6.07, 6.45) is 6.53. The third-order valence-corrected chi connectivity index (χ3v) is 6.28. The average Bonchev–Trinajstić information content (AvgIpc) is 3.06. The number of aromatic nitrogens is 2. The van der Waals surface area contributed by atoms with E-state index in [1.165, 1.54) is 43.4 Å². The van der Waals surface area contributed by atoms with E-state index in [4.69, 9.17) is 11.6 Å². The lowest BCUT2D eigenvalue weighted by atomic mass is 9.95. The zero-order chi connectivity index (χ0) is 17.2. The van der Waals surface area contributed by atoms with Crippen LogP contribution in [0.4, 0.5) is 0 Å². The number of benzene rings is 1. The third kappa shape index (κ3) is 3.78. The Morgan fingerprint density at radius 2 is 1.96 bits per heavy atom. The van der Waals surface area contributed by atoms with E-state index in [1.54, 1.807) is 0 Å². The van der Waals surface area contributed by atoms with E-state index in [0.717, 1.165) is 28.3 Å². The number of nitrogens with two attached hydrogens (primary N) is 1. The van der Waals surface area contributed by atoms with Crippen molar-refractivity contribution in [1.82, 2.24) is 9.97 Å². The summed E-state index contributed by atoms with van der Waals surface area (Å²) >= 11 is 7.43. The smallest absolute Gasteiger partial charge is 0.269 e. The zero-order valence-electron chi connectivity index (χ0n) is 13.9. The Hall–Kier alpha value is -1.69. The van der Waals surface area contributed by atoms with Gasteiger partial charge in [-0.2, -0.15) is 0 Å². The van der Waals surface area contributed by atoms with Gasteiger partial charge in [0.1, 0.15) is 11.2 Å². The molecule has 0 saturated heterocycles. The Morgan fingerprint density at radius 3 is 2.72 bits per heavy atom. The lowest BCUT2D eigenvalue weighted by molar-refractivity contribution is -0.707. The molecule has 0 unspecified atom stereocenters. The second kappa shape index (κ2) is 7.28. The molecule has 3 aromatic rings. The highest BCUT2D eigenvalue weighted by Crippen LogP contribution is 2.31. The molecule has 0 atom stereocenters.